The van der Waals surface area contributed by atoms with Crippen LogP contribution in [0.1, 0.15) is 37.7 Å². The molecule has 2 aromatic heterocycles. The van der Waals surface area contributed by atoms with Gasteiger partial charge in [0.1, 0.15) is 35.6 Å². The Morgan fingerprint density at radius 2 is 1.95 bits per heavy atom. The number of piperidine rings is 1. The molecule has 8 nitrogen and oxygen atoms in total. The number of aliphatic hydroxyl groups excluding tert-OH is 1. The number of phenols is 1. The Kier molecular flexibility index (Phi) is 6.40. The molecule has 1 saturated carbocycles. The van der Waals surface area contributed by atoms with Crippen molar-refractivity contribution >= 4 is 27.5 Å². The van der Waals surface area contributed by atoms with E-state index in [4.69, 9.17) is 16.1 Å². The summed E-state index contributed by atoms with van der Waals surface area (Å²) in [5.41, 5.74) is 0.535. The van der Waals surface area contributed by atoms with Gasteiger partial charge in [-0.25, -0.2) is 8.78 Å². The number of aliphatic hydroxyl groups is 1. The second-order valence-electron chi connectivity index (χ2n) is 12.9. The van der Waals surface area contributed by atoms with E-state index >= 15 is 4.39 Å². The van der Waals surface area contributed by atoms with Crippen molar-refractivity contribution in [3.05, 3.63) is 47.9 Å². The first-order valence-corrected chi connectivity index (χ1v) is 15.4. The Bertz CT molecular complexity index is 1830. The number of anilines is 1. The minimum absolute atomic E-state index is 0.00228. The van der Waals surface area contributed by atoms with Crippen LogP contribution in [0.3, 0.4) is 0 Å². The zero-order chi connectivity index (χ0) is 30.2. The normalized spacial score (nSPS) is 28.1. The van der Waals surface area contributed by atoms with Gasteiger partial charge in [-0.3, -0.25) is 9.88 Å². The molecule has 2 bridgehead atoms. The SMILES string of the molecule is C#Cc1cccc2cc(O)cc(-c3ncc4c(N5C[C@H]6CC[C@@H](C5)[C@H]6O)nc(OC[C@@]56CCCN5C[C@H](F)C6)nc4c3F)c12. The molecule has 0 radical (unpaired) electrons. The second kappa shape index (κ2) is 10.2. The number of pyridine rings is 1. The van der Waals surface area contributed by atoms with E-state index < -0.39 is 17.5 Å². The number of alkyl halides is 1. The highest BCUT2D eigenvalue weighted by Crippen LogP contribution is 2.43. The van der Waals surface area contributed by atoms with Gasteiger partial charge in [0.05, 0.1) is 17.0 Å². The number of hydrogen-bond donors (Lipinski definition) is 2. The molecule has 2 aromatic carbocycles. The molecule has 4 aliphatic rings. The number of halogens is 2. The van der Waals surface area contributed by atoms with Crippen LogP contribution in [0.5, 0.6) is 11.8 Å². The van der Waals surface area contributed by atoms with Gasteiger partial charge in [-0.2, -0.15) is 9.97 Å². The van der Waals surface area contributed by atoms with Gasteiger partial charge in [-0.05, 0) is 55.8 Å². The molecule has 226 valence electrons. The third kappa shape index (κ3) is 4.28. The fourth-order valence-corrected chi connectivity index (χ4v) is 8.25. The van der Waals surface area contributed by atoms with Crippen molar-refractivity contribution < 1.29 is 23.7 Å². The summed E-state index contributed by atoms with van der Waals surface area (Å²) in [6.07, 6.45) is 10.2. The van der Waals surface area contributed by atoms with Crippen LogP contribution in [-0.4, -0.2) is 80.7 Å². The van der Waals surface area contributed by atoms with Crippen LogP contribution >= 0.6 is 0 Å². The van der Waals surface area contributed by atoms with E-state index in [1.807, 2.05) is 0 Å². The maximum absolute atomic E-state index is 16.8. The lowest BCUT2D eigenvalue weighted by atomic mass is 9.94. The first kappa shape index (κ1) is 27.5. The Hall–Kier alpha value is -4.07. The van der Waals surface area contributed by atoms with E-state index in [1.54, 1.807) is 30.5 Å². The van der Waals surface area contributed by atoms with E-state index in [0.29, 0.717) is 59.2 Å². The summed E-state index contributed by atoms with van der Waals surface area (Å²) in [4.78, 5) is 18.2. The molecule has 0 unspecified atom stereocenters. The van der Waals surface area contributed by atoms with Crippen molar-refractivity contribution in [2.45, 2.75) is 49.9 Å². The van der Waals surface area contributed by atoms with Gasteiger partial charge in [0, 0.05) is 60.6 Å². The first-order valence-electron chi connectivity index (χ1n) is 15.4. The molecule has 0 amide bonds. The Balaban J connectivity index is 1.27. The minimum Gasteiger partial charge on any atom is -0.508 e. The third-order valence-electron chi connectivity index (χ3n) is 10.3. The van der Waals surface area contributed by atoms with Crippen LogP contribution in [0.25, 0.3) is 32.9 Å². The number of aromatic nitrogens is 3. The van der Waals surface area contributed by atoms with Gasteiger partial charge in [-0.15, -0.1) is 6.42 Å². The van der Waals surface area contributed by atoms with Gasteiger partial charge >= 0.3 is 6.01 Å². The van der Waals surface area contributed by atoms with Gasteiger partial charge < -0.3 is 19.8 Å². The zero-order valence-corrected chi connectivity index (χ0v) is 24.2. The maximum Gasteiger partial charge on any atom is 0.319 e. The van der Waals surface area contributed by atoms with Crippen LogP contribution in [0.4, 0.5) is 14.6 Å². The monoisotopic (exact) mass is 597 g/mol. The predicted octanol–water partition coefficient (Wildman–Crippen LogP) is 4.83. The van der Waals surface area contributed by atoms with Crippen molar-refractivity contribution in [1.29, 1.82) is 0 Å². The number of fused-ring (bicyclic) bond motifs is 5. The molecular formula is C34H33F2N5O3. The highest BCUT2D eigenvalue weighted by atomic mass is 19.1. The Morgan fingerprint density at radius 3 is 2.75 bits per heavy atom. The largest absolute Gasteiger partial charge is 0.508 e. The molecule has 10 heteroatoms. The Labute approximate surface area is 253 Å². The van der Waals surface area contributed by atoms with Crippen molar-refractivity contribution in [3.8, 4) is 35.4 Å². The lowest BCUT2D eigenvalue weighted by Crippen LogP contribution is -2.45. The fourth-order valence-electron chi connectivity index (χ4n) is 8.25. The zero-order valence-electron chi connectivity index (χ0n) is 24.2. The summed E-state index contributed by atoms with van der Waals surface area (Å²) in [6, 6.07) is 8.43. The molecule has 44 heavy (non-hydrogen) atoms. The first-order chi connectivity index (χ1) is 21.3. The van der Waals surface area contributed by atoms with Crippen LogP contribution < -0.4 is 9.64 Å². The molecule has 4 fully saturated rings. The number of terminal acetylenes is 1. The van der Waals surface area contributed by atoms with Crippen LogP contribution in [-0.2, 0) is 0 Å². The third-order valence-corrected chi connectivity index (χ3v) is 10.3. The number of nitrogens with zero attached hydrogens (tertiary/aromatic N) is 5. The minimum atomic E-state index is -0.904. The number of rotatable bonds is 5. The van der Waals surface area contributed by atoms with Crippen LogP contribution in [0.2, 0.25) is 0 Å². The molecular weight excluding hydrogens is 564 g/mol. The number of ether oxygens (including phenoxy) is 1. The summed E-state index contributed by atoms with van der Waals surface area (Å²) in [5, 5.41) is 22.9. The fraction of sp³-hybridized carbons (Fsp3) is 0.441. The summed E-state index contributed by atoms with van der Waals surface area (Å²) in [6.45, 7) is 2.60. The van der Waals surface area contributed by atoms with E-state index in [1.165, 1.54) is 6.07 Å². The predicted molar refractivity (Wildman–Crippen MR) is 163 cm³/mol. The lowest BCUT2D eigenvalue weighted by molar-refractivity contribution is 0.0790. The lowest BCUT2D eigenvalue weighted by Gasteiger charge is -2.36. The quantitative estimate of drug-likeness (QED) is 0.316. The topological polar surface area (TPSA) is 94.8 Å². The summed E-state index contributed by atoms with van der Waals surface area (Å²) in [7, 11) is 0. The molecule has 5 atom stereocenters. The van der Waals surface area contributed by atoms with Crippen molar-refractivity contribution in [1.82, 2.24) is 19.9 Å². The molecule has 5 heterocycles. The van der Waals surface area contributed by atoms with Gasteiger partial charge in [0.2, 0.25) is 0 Å². The number of hydrogen-bond acceptors (Lipinski definition) is 8. The number of phenolic OH excluding ortho intramolecular Hbond substituents is 1. The van der Waals surface area contributed by atoms with E-state index in [0.717, 1.165) is 32.2 Å². The highest BCUT2D eigenvalue weighted by molar-refractivity contribution is 6.02. The number of benzene rings is 2. The van der Waals surface area contributed by atoms with Gasteiger partial charge in [0.25, 0.3) is 0 Å². The van der Waals surface area contributed by atoms with E-state index in [-0.39, 0.29) is 47.5 Å². The molecule has 3 aliphatic heterocycles. The van der Waals surface area contributed by atoms with Crippen molar-refractivity contribution in [3.63, 3.8) is 0 Å². The molecule has 1 aliphatic carbocycles. The van der Waals surface area contributed by atoms with Crippen molar-refractivity contribution in [2.24, 2.45) is 11.8 Å². The molecule has 0 spiro atoms. The van der Waals surface area contributed by atoms with Crippen LogP contribution in [0.15, 0.2) is 36.5 Å². The van der Waals surface area contributed by atoms with E-state index in [9.17, 15) is 14.6 Å². The molecule has 8 rings (SSSR count). The average Bonchev–Trinajstić information content (AvgIpc) is 3.59. The highest BCUT2D eigenvalue weighted by Gasteiger charge is 2.49. The van der Waals surface area contributed by atoms with Crippen LogP contribution in [0, 0.1) is 30.0 Å². The van der Waals surface area contributed by atoms with E-state index in [2.05, 4.69) is 25.7 Å². The summed E-state index contributed by atoms with van der Waals surface area (Å²) in [5.74, 6) is 2.66. The second-order valence-corrected chi connectivity index (χ2v) is 12.9. The summed E-state index contributed by atoms with van der Waals surface area (Å²) < 4.78 is 37.4. The molecule has 4 aromatic rings. The Morgan fingerprint density at radius 1 is 1.14 bits per heavy atom. The van der Waals surface area contributed by atoms with Crippen molar-refractivity contribution in [2.75, 3.05) is 37.7 Å². The molecule has 3 saturated heterocycles. The van der Waals surface area contributed by atoms with Gasteiger partial charge in [-0.1, -0.05) is 18.1 Å². The summed E-state index contributed by atoms with van der Waals surface area (Å²) >= 11 is 0. The number of aromatic hydroxyl groups is 1. The maximum atomic E-state index is 16.8. The standard InChI is InChI=1S/C34H33F2N5O3/c1-2-19-5-3-6-20-11-24(42)12-25(27(19)20)29-28(36)30-26(14-37-29)32(40-15-21-7-8-22(16-40)31(21)43)39-33(38-30)44-18-34-9-4-10-41(34)17-23(35)13-34/h1,3,5-6,11-12,14,21-23,31,42-43H,4,7-10,13,15-18H2/t21-,22+,23-,31+,34+/m1/s1. The molecule has 2 N–H and O–H groups in total. The van der Waals surface area contributed by atoms with Gasteiger partial charge in [0.15, 0.2) is 5.82 Å². The average molecular weight is 598 g/mol. The smallest absolute Gasteiger partial charge is 0.319 e.